The molecule has 2 amide bonds. The third-order valence-electron chi connectivity index (χ3n) is 6.69. The Hall–Kier alpha value is -3.04. The average Bonchev–Trinajstić information content (AvgIpc) is 3.21. The maximum absolute atomic E-state index is 14.7. The summed E-state index contributed by atoms with van der Waals surface area (Å²) in [7, 11) is 0. The van der Waals surface area contributed by atoms with Crippen molar-refractivity contribution < 1.29 is 18.4 Å². The molecule has 3 aliphatic rings. The summed E-state index contributed by atoms with van der Waals surface area (Å²) in [6, 6.07) is 3.01. The van der Waals surface area contributed by atoms with Crippen LogP contribution in [0.25, 0.3) is 0 Å². The average molecular weight is 444 g/mol. The summed E-state index contributed by atoms with van der Waals surface area (Å²) in [6.45, 7) is 1.13. The number of carbonyl (C=O) groups is 2. The molecule has 0 radical (unpaired) electrons. The number of imide groups is 1. The van der Waals surface area contributed by atoms with Crippen molar-refractivity contribution in [3.8, 4) is 0 Å². The van der Waals surface area contributed by atoms with Gasteiger partial charge < -0.3 is 10.2 Å². The fraction of sp³-hybridized carbons (Fsp3) is 0.545. The Balaban J connectivity index is 1.20. The minimum atomic E-state index is -0.988. The second-order valence-corrected chi connectivity index (χ2v) is 8.91. The number of nitrogens with zero attached hydrogens (tertiary/aromatic N) is 4. The van der Waals surface area contributed by atoms with Gasteiger partial charge in [0, 0.05) is 30.8 Å². The molecule has 0 bridgehead atoms. The second-order valence-electron chi connectivity index (χ2n) is 8.91. The number of nitrogens with one attached hydrogen (secondary N) is 2. The van der Waals surface area contributed by atoms with Gasteiger partial charge in [0.25, 0.3) is 0 Å². The Morgan fingerprint density at radius 2 is 1.75 bits per heavy atom. The number of anilines is 2. The summed E-state index contributed by atoms with van der Waals surface area (Å²) in [5.74, 6) is -3.01. The van der Waals surface area contributed by atoms with E-state index in [0.717, 1.165) is 12.8 Å². The first-order valence-corrected chi connectivity index (χ1v) is 11.2. The highest BCUT2D eigenvalue weighted by Crippen LogP contribution is 2.33. The summed E-state index contributed by atoms with van der Waals surface area (Å²) in [5, 5.41) is 9.98. The normalized spacial score (nSPS) is 22.6. The van der Waals surface area contributed by atoms with E-state index in [1.807, 2.05) is 9.58 Å². The fourth-order valence-electron chi connectivity index (χ4n) is 4.88. The number of carbonyl (C=O) groups excluding carboxylic acids is 2. The van der Waals surface area contributed by atoms with Gasteiger partial charge in [0.1, 0.15) is 18.0 Å². The van der Waals surface area contributed by atoms with Crippen molar-refractivity contribution in [3.63, 3.8) is 0 Å². The molecule has 2 N–H and O–H groups in total. The van der Waals surface area contributed by atoms with Crippen LogP contribution < -0.4 is 15.5 Å². The molecule has 2 aromatic rings. The zero-order chi connectivity index (χ0) is 22.2. The molecule has 0 spiro atoms. The predicted molar refractivity (Wildman–Crippen MR) is 113 cm³/mol. The molecule has 1 saturated carbocycles. The number of halogens is 2. The van der Waals surface area contributed by atoms with Crippen molar-refractivity contribution in [1.29, 1.82) is 0 Å². The number of benzene rings is 1. The van der Waals surface area contributed by atoms with Crippen LogP contribution in [-0.4, -0.2) is 45.7 Å². The summed E-state index contributed by atoms with van der Waals surface area (Å²) in [6.07, 6.45) is 7.94. The van der Waals surface area contributed by atoms with E-state index in [2.05, 4.69) is 20.7 Å². The highest BCUT2D eigenvalue weighted by atomic mass is 19.1. The van der Waals surface area contributed by atoms with Crippen molar-refractivity contribution in [1.82, 2.24) is 20.1 Å². The molecule has 1 aliphatic carbocycles. The van der Waals surface area contributed by atoms with Crippen LogP contribution in [0.3, 0.4) is 0 Å². The van der Waals surface area contributed by atoms with E-state index in [1.165, 1.54) is 31.4 Å². The molecule has 170 valence electrons. The zero-order valence-corrected chi connectivity index (χ0v) is 17.7. The summed E-state index contributed by atoms with van der Waals surface area (Å²) < 4.78 is 31.4. The van der Waals surface area contributed by atoms with Gasteiger partial charge in [0.15, 0.2) is 0 Å². The van der Waals surface area contributed by atoms with Crippen molar-refractivity contribution in [2.24, 2.45) is 0 Å². The van der Waals surface area contributed by atoms with E-state index in [0.29, 0.717) is 30.8 Å². The van der Waals surface area contributed by atoms with E-state index in [9.17, 15) is 18.4 Å². The molecule has 2 saturated heterocycles. The van der Waals surface area contributed by atoms with Gasteiger partial charge in [-0.25, -0.2) is 18.4 Å². The van der Waals surface area contributed by atoms with E-state index >= 15 is 0 Å². The van der Waals surface area contributed by atoms with Gasteiger partial charge in [-0.3, -0.25) is 14.9 Å². The summed E-state index contributed by atoms with van der Waals surface area (Å²) in [5.41, 5.74) is 0.154. The first kappa shape index (κ1) is 20.8. The molecule has 5 rings (SSSR count). The van der Waals surface area contributed by atoms with E-state index in [-0.39, 0.29) is 24.4 Å². The highest BCUT2D eigenvalue weighted by Gasteiger charge is 2.34. The lowest BCUT2D eigenvalue weighted by Gasteiger charge is -2.41. The Kier molecular flexibility index (Phi) is 5.52. The van der Waals surface area contributed by atoms with Gasteiger partial charge in [-0.15, -0.1) is 5.10 Å². The number of piperidine rings is 1. The summed E-state index contributed by atoms with van der Waals surface area (Å²) in [4.78, 5) is 29.5. The number of rotatable bonds is 5. The number of aromatic nitrogens is 3. The standard InChI is InChI=1S/C22H26F2N6O2/c23-17-8-15(9-18(24)20(17)16-6-7-19(31)27-21(16)32)29-10-13(11-29)26-22-25-12-30(28-22)14-4-2-1-3-5-14/h8-9,12-14,16H,1-7,10-11H2,(H,26,28)(H,27,31,32). The zero-order valence-electron chi connectivity index (χ0n) is 17.7. The second kappa shape index (κ2) is 8.48. The lowest BCUT2D eigenvalue weighted by molar-refractivity contribution is -0.134. The molecule has 1 aromatic heterocycles. The summed E-state index contributed by atoms with van der Waals surface area (Å²) >= 11 is 0. The molecule has 3 heterocycles. The quantitative estimate of drug-likeness (QED) is 0.689. The van der Waals surface area contributed by atoms with Crippen molar-refractivity contribution in [2.45, 2.75) is 62.9 Å². The van der Waals surface area contributed by atoms with Crippen LogP contribution in [-0.2, 0) is 9.59 Å². The number of amides is 2. The Bertz CT molecular complexity index is 1010. The van der Waals surface area contributed by atoms with Crippen LogP contribution in [0.4, 0.5) is 20.4 Å². The van der Waals surface area contributed by atoms with Crippen LogP contribution in [0.2, 0.25) is 0 Å². The van der Waals surface area contributed by atoms with Gasteiger partial charge in [-0.2, -0.15) is 0 Å². The smallest absolute Gasteiger partial charge is 0.242 e. The van der Waals surface area contributed by atoms with Crippen LogP contribution in [0.1, 0.15) is 62.5 Å². The lowest BCUT2D eigenvalue weighted by atomic mass is 9.89. The molecule has 10 heteroatoms. The Morgan fingerprint density at radius 3 is 2.44 bits per heavy atom. The molecule has 1 unspecified atom stereocenters. The number of hydrogen-bond donors (Lipinski definition) is 2. The van der Waals surface area contributed by atoms with Crippen molar-refractivity contribution >= 4 is 23.5 Å². The maximum Gasteiger partial charge on any atom is 0.242 e. The third-order valence-corrected chi connectivity index (χ3v) is 6.69. The lowest BCUT2D eigenvalue weighted by Crippen LogP contribution is -2.55. The number of hydrogen-bond acceptors (Lipinski definition) is 6. The van der Waals surface area contributed by atoms with Gasteiger partial charge in [-0.05, 0) is 31.4 Å². The van der Waals surface area contributed by atoms with Gasteiger partial charge in [0.05, 0.1) is 18.0 Å². The van der Waals surface area contributed by atoms with Gasteiger partial charge >= 0.3 is 0 Å². The van der Waals surface area contributed by atoms with Crippen LogP contribution in [0.5, 0.6) is 0 Å². The monoisotopic (exact) mass is 444 g/mol. The van der Waals surface area contributed by atoms with E-state index in [1.54, 1.807) is 6.33 Å². The van der Waals surface area contributed by atoms with E-state index in [4.69, 9.17) is 0 Å². The van der Waals surface area contributed by atoms with Gasteiger partial charge in [0.2, 0.25) is 17.8 Å². The molecule has 1 aromatic carbocycles. The maximum atomic E-state index is 14.7. The molecular formula is C22H26F2N6O2. The topological polar surface area (TPSA) is 92.2 Å². The largest absolute Gasteiger partial charge is 0.367 e. The fourth-order valence-corrected chi connectivity index (χ4v) is 4.88. The predicted octanol–water partition coefficient (Wildman–Crippen LogP) is 2.88. The first-order valence-electron chi connectivity index (χ1n) is 11.2. The molecule has 2 aliphatic heterocycles. The highest BCUT2D eigenvalue weighted by molar-refractivity contribution is 6.01. The van der Waals surface area contributed by atoms with Crippen LogP contribution >= 0.6 is 0 Å². The van der Waals surface area contributed by atoms with Crippen LogP contribution in [0.15, 0.2) is 18.5 Å². The van der Waals surface area contributed by atoms with E-state index < -0.39 is 29.4 Å². The molecule has 1 atom stereocenters. The third kappa shape index (κ3) is 4.05. The first-order chi connectivity index (χ1) is 15.5. The molecular weight excluding hydrogens is 418 g/mol. The minimum Gasteiger partial charge on any atom is -0.367 e. The molecule has 8 nitrogen and oxygen atoms in total. The minimum absolute atomic E-state index is 0.0705. The SMILES string of the molecule is O=C1CCC(c2c(F)cc(N3CC(Nc4ncn(C5CCCCC5)n4)C3)cc2F)C(=O)N1. The van der Waals surface area contributed by atoms with Crippen molar-refractivity contribution in [2.75, 3.05) is 23.3 Å². The molecule has 3 fully saturated rings. The van der Waals surface area contributed by atoms with Crippen LogP contribution in [0, 0.1) is 11.6 Å². The van der Waals surface area contributed by atoms with Crippen molar-refractivity contribution in [3.05, 3.63) is 35.7 Å². The Morgan fingerprint density at radius 1 is 1.03 bits per heavy atom. The Labute approximate surface area is 184 Å². The van der Waals surface area contributed by atoms with Gasteiger partial charge in [-0.1, -0.05) is 19.3 Å². The molecule has 32 heavy (non-hydrogen) atoms.